The van der Waals surface area contributed by atoms with Crippen LogP contribution >= 0.6 is 0 Å². The summed E-state index contributed by atoms with van der Waals surface area (Å²) in [5, 5.41) is 1.09. The van der Waals surface area contributed by atoms with Gasteiger partial charge in [0.05, 0.1) is 17.2 Å². The lowest BCUT2D eigenvalue weighted by atomic mass is 9.79. The molecule has 140 valence electrons. The van der Waals surface area contributed by atoms with Gasteiger partial charge in [0.2, 0.25) is 0 Å². The zero-order valence-corrected chi connectivity index (χ0v) is 15.9. The molecule has 2 aliphatic rings. The minimum absolute atomic E-state index is 0.0146. The van der Waals surface area contributed by atoms with Crippen molar-refractivity contribution in [2.45, 2.75) is 56.9 Å². The predicted octanol–water partition coefficient (Wildman–Crippen LogP) is 2.99. The fourth-order valence-electron chi connectivity index (χ4n) is 4.92. The SMILES string of the molecule is CO[C@H]1CC[C@@]2(OC)CCN(Cc3cc4cccc(C)c4[nH]c3=O)[C@H]2C1. The molecule has 1 saturated carbocycles. The van der Waals surface area contributed by atoms with Gasteiger partial charge in [0, 0.05) is 38.9 Å². The van der Waals surface area contributed by atoms with E-state index in [1.807, 2.05) is 32.2 Å². The van der Waals surface area contributed by atoms with Crippen molar-refractivity contribution in [3.63, 3.8) is 0 Å². The van der Waals surface area contributed by atoms with E-state index >= 15 is 0 Å². The van der Waals surface area contributed by atoms with Crippen LogP contribution in [0.1, 0.15) is 36.8 Å². The van der Waals surface area contributed by atoms with Gasteiger partial charge in [-0.15, -0.1) is 0 Å². The number of rotatable bonds is 4. The van der Waals surface area contributed by atoms with Gasteiger partial charge in [-0.3, -0.25) is 9.69 Å². The van der Waals surface area contributed by atoms with Crippen LogP contribution < -0.4 is 5.56 Å². The van der Waals surface area contributed by atoms with E-state index < -0.39 is 0 Å². The molecule has 1 aliphatic carbocycles. The summed E-state index contributed by atoms with van der Waals surface area (Å²) < 4.78 is 11.6. The molecule has 0 amide bonds. The number of hydrogen-bond acceptors (Lipinski definition) is 4. The summed E-state index contributed by atoms with van der Waals surface area (Å²) in [7, 11) is 3.62. The minimum Gasteiger partial charge on any atom is -0.381 e. The number of fused-ring (bicyclic) bond motifs is 2. The summed E-state index contributed by atoms with van der Waals surface area (Å²) >= 11 is 0. The summed E-state index contributed by atoms with van der Waals surface area (Å²) in [5.74, 6) is 0. The molecule has 3 atom stereocenters. The van der Waals surface area contributed by atoms with Crippen LogP contribution in [0.5, 0.6) is 0 Å². The highest BCUT2D eigenvalue weighted by Crippen LogP contribution is 2.43. The Hall–Kier alpha value is -1.69. The van der Waals surface area contributed by atoms with E-state index in [0.29, 0.717) is 12.6 Å². The Balaban J connectivity index is 1.64. The average molecular weight is 356 g/mol. The lowest BCUT2D eigenvalue weighted by Crippen LogP contribution is -2.51. The van der Waals surface area contributed by atoms with Gasteiger partial charge in [0.15, 0.2) is 0 Å². The molecule has 1 aliphatic heterocycles. The topological polar surface area (TPSA) is 54.6 Å². The molecule has 4 rings (SSSR count). The molecule has 5 heteroatoms. The highest BCUT2D eigenvalue weighted by Gasteiger charge is 2.51. The van der Waals surface area contributed by atoms with Gasteiger partial charge in [-0.1, -0.05) is 18.2 Å². The zero-order valence-electron chi connectivity index (χ0n) is 15.9. The van der Waals surface area contributed by atoms with Crippen molar-refractivity contribution in [3.05, 3.63) is 45.7 Å². The number of ether oxygens (including phenoxy) is 2. The quantitative estimate of drug-likeness (QED) is 0.915. The molecule has 2 heterocycles. The highest BCUT2D eigenvalue weighted by atomic mass is 16.5. The number of aromatic nitrogens is 1. The normalized spacial score (nSPS) is 29.2. The van der Waals surface area contributed by atoms with Gasteiger partial charge in [0.25, 0.3) is 5.56 Å². The molecule has 2 aromatic rings. The Bertz CT molecular complexity index is 862. The first-order valence-electron chi connectivity index (χ1n) is 9.50. The lowest BCUT2D eigenvalue weighted by molar-refractivity contribution is -0.0947. The maximum atomic E-state index is 12.7. The molecular weight excluding hydrogens is 328 g/mol. The molecule has 0 spiro atoms. The van der Waals surface area contributed by atoms with Crippen molar-refractivity contribution in [2.75, 3.05) is 20.8 Å². The largest absolute Gasteiger partial charge is 0.381 e. The number of aromatic amines is 1. The van der Waals surface area contributed by atoms with E-state index in [2.05, 4.69) is 16.0 Å². The summed E-state index contributed by atoms with van der Waals surface area (Å²) in [4.78, 5) is 18.2. The third-order valence-corrected chi connectivity index (χ3v) is 6.52. The van der Waals surface area contributed by atoms with Gasteiger partial charge >= 0.3 is 0 Å². The Morgan fingerprint density at radius 1 is 1.31 bits per heavy atom. The molecular formula is C21H28N2O3. The molecule has 5 nitrogen and oxygen atoms in total. The highest BCUT2D eigenvalue weighted by molar-refractivity contribution is 5.81. The van der Waals surface area contributed by atoms with Crippen molar-refractivity contribution >= 4 is 10.9 Å². The smallest absolute Gasteiger partial charge is 0.252 e. The molecule has 0 bridgehead atoms. The van der Waals surface area contributed by atoms with Crippen LogP contribution in [-0.2, 0) is 16.0 Å². The van der Waals surface area contributed by atoms with Gasteiger partial charge in [-0.2, -0.15) is 0 Å². The van der Waals surface area contributed by atoms with Crippen molar-refractivity contribution in [3.8, 4) is 0 Å². The zero-order chi connectivity index (χ0) is 18.3. The number of nitrogens with zero attached hydrogens (tertiary/aromatic N) is 1. The second-order valence-electron chi connectivity index (χ2n) is 7.80. The molecule has 1 aromatic heterocycles. The molecule has 26 heavy (non-hydrogen) atoms. The number of nitrogens with one attached hydrogen (secondary N) is 1. The minimum atomic E-state index is -0.0881. The molecule has 2 fully saturated rings. The van der Waals surface area contributed by atoms with Crippen LogP contribution in [0, 0.1) is 6.92 Å². The van der Waals surface area contributed by atoms with Crippen molar-refractivity contribution < 1.29 is 9.47 Å². The maximum Gasteiger partial charge on any atom is 0.252 e. The Labute approximate surface area is 154 Å². The van der Waals surface area contributed by atoms with Crippen LogP contribution in [0.2, 0.25) is 0 Å². The number of likely N-dealkylation sites (tertiary alicyclic amines) is 1. The van der Waals surface area contributed by atoms with E-state index in [9.17, 15) is 4.79 Å². The maximum absolute atomic E-state index is 12.7. The monoisotopic (exact) mass is 356 g/mol. The summed E-state index contributed by atoms with van der Waals surface area (Å²) in [6, 6.07) is 8.48. The average Bonchev–Trinajstić information content (AvgIpc) is 3.01. The first-order valence-corrected chi connectivity index (χ1v) is 9.50. The molecule has 0 radical (unpaired) electrons. The van der Waals surface area contributed by atoms with Crippen LogP contribution in [0.15, 0.2) is 29.1 Å². The number of hydrogen-bond donors (Lipinski definition) is 1. The summed E-state index contributed by atoms with van der Waals surface area (Å²) in [5.41, 5.74) is 2.79. The Morgan fingerprint density at radius 2 is 2.15 bits per heavy atom. The first-order chi connectivity index (χ1) is 12.6. The lowest BCUT2D eigenvalue weighted by Gasteiger charge is -2.43. The number of methoxy groups -OCH3 is 2. The number of aryl methyl sites for hydroxylation is 1. The second-order valence-corrected chi connectivity index (χ2v) is 7.80. The standard InChI is InChI=1S/C21H28N2O3/c1-14-5-4-6-15-11-16(20(24)22-19(14)15)13-23-10-9-21(26-3)8-7-17(25-2)12-18(21)23/h4-6,11,17-18H,7-10,12-13H2,1-3H3,(H,22,24)/t17-,18-,21+/m0/s1. The number of benzene rings is 1. The van der Waals surface area contributed by atoms with Gasteiger partial charge < -0.3 is 14.5 Å². The fourth-order valence-corrected chi connectivity index (χ4v) is 4.92. The van der Waals surface area contributed by atoms with E-state index in [4.69, 9.17) is 9.47 Å². The van der Waals surface area contributed by atoms with E-state index in [1.165, 1.54) is 0 Å². The van der Waals surface area contributed by atoms with Crippen molar-refractivity contribution in [1.29, 1.82) is 0 Å². The van der Waals surface area contributed by atoms with Crippen LogP contribution in [0.25, 0.3) is 10.9 Å². The van der Waals surface area contributed by atoms with Crippen molar-refractivity contribution in [2.24, 2.45) is 0 Å². The Kier molecular flexibility index (Phi) is 4.63. The van der Waals surface area contributed by atoms with Gasteiger partial charge in [-0.05, 0) is 49.6 Å². The van der Waals surface area contributed by atoms with E-state index in [-0.39, 0.29) is 17.3 Å². The van der Waals surface area contributed by atoms with Crippen LogP contribution in [0.3, 0.4) is 0 Å². The molecule has 1 N–H and O–H groups in total. The fraction of sp³-hybridized carbons (Fsp3) is 0.571. The first kappa shape index (κ1) is 17.7. The van der Waals surface area contributed by atoms with Crippen molar-refractivity contribution in [1.82, 2.24) is 9.88 Å². The van der Waals surface area contributed by atoms with Gasteiger partial charge in [-0.25, -0.2) is 0 Å². The number of pyridine rings is 1. The molecule has 1 saturated heterocycles. The Morgan fingerprint density at radius 3 is 2.92 bits per heavy atom. The van der Waals surface area contributed by atoms with E-state index in [1.54, 1.807) is 7.11 Å². The number of para-hydroxylation sites is 1. The summed E-state index contributed by atoms with van der Waals surface area (Å²) in [6.07, 6.45) is 4.34. The predicted molar refractivity (Wildman–Crippen MR) is 103 cm³/mol. The van der Waals surface area contributed by atoms with Gasteiger partial charge in [0.1, 0.15) is 0 Å². The van der Waals surface area contributed by atoms with Crippen LogP contribution in [0.4, 0.5) is 0 Å². The van der Waals surface area contributed by atoms with Crippen LogP contribution in [-0.4, -0.2) is 48.4 Å². The summed E-state index contributed by atoms with van der Waals surface area (Å²) in [6.45, 7) is 3.64. The molecule has 1 aromatic carbocycles. The third kappa shape index (κ3) is 2.88. The number of H-pyrrole nitrogens is 1. The second kappa shape index (κ2) is 6.80. The third-order valence-electron chi connectivity index (χ3n) is 6.52. The molecule has 0 unspecified atom stereocenters. The van der Waals surface area contributed by atoms with E-state index in [0.717, 1.165) is 54.3 Å².